The van der Waals surface area contributed by atoms with E-state index in [-0.39, 0.29) is 36.1 Å². The second-order valence-corrected chi connectivity index (χ2v) is 6.97. The van der Waals surface area contributed by atoms with Gasteiger partial charge in [-0.25, -0.2) is 0 Å². The minimum Gasteiger partial charge on any atom is -0.421 e. The zero-order valence-electron chi connectivity index (χ0n) is 15.6. The van der Waals surface area contributed by atoms with Crippen LogP contribution in [0.3, 0.4) is 0 Å². The molecule has 1 N–H and O–H groups in total. The molecule has 0 aliphatic rings. The third kappa shape index (κ3) is 5.14. The van der Waals surface area contributed by atoms with Gasteiger partial charge in [0.1, 0.15) is 0 Å². The Morgan fingerprint density at radius 3 is 2.62 bits per heavy atom. The first-order valence-electron chi connectivity index (χ1n) is 8.70. The summed E-state index contributed by atoms with van der Waals surface area (Å²) in [5, 5.41) is 10.8. The lowest BCUT2D eigenvalue weighted by Crippen LogP contribution is -2.13. The van der Waals surface area contributed by atoms with E-state index in [1.165, 1.54) is 12.1 Å². The molecule has 152 valence electrons. The maximum absolute atomic E-state index is 12.8. The average Bonchev–Trinajstić information content (AvgIpc) is 3.11. The van der Waals surface area contributed by atoms with E-state index in [0.29, 0.717) is 10.7 Å². The predicted octanol–water partition coefficient (Wildman–Crippen LogP) is 5.60. The highest BCUT2D eigenvalue weighted by Crippen LogP contribution is 2.32. The van der Waals surface area contributed by atoms with Gasteiger partial charge in [0.15, 0.2) is 0 Å². The number of alkyl halides is 3. The number of carbonyl (C=O) groups is 1. The average molecular weight is 424 g/mol. The van der Waals surface area contributed by atoms with Crippen molar-refractivity contribution in [2.75, 3.05) is 5.32 Å². The van der Waals surface area contributed by atoms with Gasteiger partial charge in [0.25, 0.3) is 0 Å². The molecular formula is C20H17ClF3N3O2. The molecule has 1 aromatic heterocycles. The van der Waals surface area contributed by atoms with Crippen molar-refractivity contribution in [1.82, 2.24) is 10.2 Å². The number of benzene rings is 2. The Morgan fingerprint density at radius 1 is 1.17 bits per heavy atom. The quantitative estimate of drug-likeness (QED) is 0.580. The Hall–Kier alpha value is -2.87. The molecule has 0 aliphatic heterocycles. The normalized spacial score (nSPS) is 11.5. The van der Waals surface area contributed by atoms with E-state index in [1.54, 1.807) is 6.07 Å². The van der Waals surface area contributed by atoms with Gasteiger partial charge in [0.2, 0.25) is 17.7 Å². The maximum Gasteiger partial charge on any atom is 0.416 e. The van der Waals surface area contributed by atoms with Gasteiger partial charge in [-0.05, 0) is 49.2 Å². The molecule has 0 radical (unpaired) electrons. The number of hydrogen-bond donors (Lipinski definition) is 1. The highest BCUT2D eigenvalue weighted by atomic mass is 35.5. The van der Waals surface area contributed by atoms with E-state index >= 15 is 0 Å². The van der Waals surface area contributed by atoms with Crippen LogP contribution in [-0.4, -0.2) is 16.1 Å². The topological polar surface area (TPSA) is 68.0 Å². The number of aromatic nitrogens is 2. The summed E-state index contributed by atoms with van der Waals surface area (Å²) in [6, 6.07) is 8.27. The van der Waals surface area contributed by atoms with Crippen molar-refractivity contribution in [3.8, 4) is 11.5 Å². The fourth-order valence-electron chi connectivity index (χ4n) is 2.80. The SMILES string of the molecule is Cc1cc(C)c(NC(=O)CCc2nnc(-c3cccc(C(F)(F)F)c3)o2)c(Cl)c1. The molecule has 0 bridgehead atoms. The zero-order chi connectivity index (χ0) is 21.2. The number of aryl methyl sites for hydroxylation is 3. The summed E-state index contributed by atoms with van der Waals surface area (Å²) in [5.41, 5.74) is 1.72. The second-order valence-electron chi connectivity index (χ2n) is 6.57. The van der Waals surface area contributed by atoms with Crippen molar-refractivity contribution in [2.24, 2.45) is 0 Å². The molecule has 1 amide bonds. The number of anilines is 1. The van der Waals surface area contributed by atoms with Crippen molar-refractivity contribution >= 4 is 23.2 Å². The van der Waals surface area contributed by atoms with Crippen LogP contribution in [0.15, 0.2) is 40.8 Å². The van der Waals surface area contributed by atoms with Crippen LogP contribution < -0.4 is 5.32 Å². The Bertz CT molecular complexity index is 1020. The van der Waals surface area contributed by atoms with E-state index < -0.39 is 11.7 Å². The predicted molar refractivity (Wildman–Crippen MR) is 103 cm³/mol. The Morgan fingerprint density at radius 2 is 1.93 bits per heavy atom. The van der Waals surface area contributed by atoms with Gasteiger partial charge in [-0.3, -0.25) is 4.79 Å². The first-order valence-corrected chi connectivity index (χ1v) is 9.08. The third-order valence-corrected chi connectivity index (χ3v) is 4.46. The number of carbonyl (C=O) groups excluding carboxylic acids is 1. The number of amides is 1. The van der Waals surface area contributed by atoms with Crippen molar-refractivity contribution < 1.29 is 22.4 Å². The lowest BCUT2D eigenvalue weighted by atomic mass is 10.1. The van der Waals surface area contributed by atoms with Crippen LogP contribution in [0, 0.1) is 13.8 Å². The number of rotatable bonds is 5. The molecule has 0 fully saturated rings. The summed E-state index contributed by atoms with van der Waals surface area (Å²) in [6.07, 6.45) is -4.28. The molecule has 0 unspecified atom stereocenters. The van der Waals surface area contributed by atoms with Crippen molar-refractivity contribution in [3.63, 3.8) is 0 Å². The molecule has 0 aliphatic carbocycles. The Kier molecular flexibility index (Phi) is 5.93. The van der Waals surface area contributed by atoms with Gasteiger partial charge in [0, 0.05) is 18.4 Å². The van der Waals surface area contributed by atoms with Crippen molar-refractivity contribution in [1.29, 1.82) is 0 Å². The Balaban J connectivity index is 1.65. The largest absolute Gasteiger partial charge is 0.421 e. The van der Waals surface area contributed by atoms with Crippen molar-refractivity contribution in [3.05, 3.63) is 64.0 Å². The molecule has 9 heteroatoms. The number of nitrogens with zero attached hydrogens (tertiary/aromatic N) is 2. The van der Waals surface area contributed by atoms with E-state index in [1.807, 2.05) is 19.9 Å². The first-order chi connectivity index (χ1) is 13.6. The summed E-state index contributed by atoms with van der Waals surface area (Å²) in [4.78, 5) is 12.2. The van der Waals surface area contributed by atoms with Gasteiger partial charge >= 0.3 is 6.18 Å². The summed E-state index contributed by atoms with van der Waals surface area (Å²) in [7, 11) is 0. The molecule has 0 saturated heterocycles. The highest BCUT2D eigenvalue weighted by Gasteiger charge is 2.30. The summed E-state index contributed by atoms with van der Waals surface area (Å²) in [6.45, 7) is 3.75. The molecule has 0 spiro atoms. The molecule has 0 atom stereocenters. The van der Waals surface area contributed by atoms with E-state index in [2.05, 4.69) is 15.5 Å². The molecule has 1 heterocycles. The molecular weight excluding hydrogens is 407 g/mol. The maximum atomic E-state index is 12.8. The molecule has 3 aromatic rings. The van der Waals surface area contributed by atoms with Crippen LogP contribution in [0.2, 0.25) is 5.02 Å². The van der Waals surface area contributed by atoms with E-state index in [0.717, 1.165) is 23.3 Å². The summed E-state index contributed by atoms with van der Waals surface area (Å²) >= 11 is 6.18. The van der Waals surface area contributed by atoms with Gasteiger partial charge in [-0.15, -0.1) is 10.2 Å². The molecule has 0 saturated carbocycles. The monoisotopic (exact) mass is 423 g/mol. The number of nitrogens with one attached hydrogen (secondary N) is 1. The smallest absolute Gasteiger partial charge is 0.416 e. The molecule has 3 rings (SSSR count). The lowest BCUT2D eigenvalue weighted by molar-refractivity contribution is -0.137. The fourth-order valence-corrected chi connectivity index (χ4v) is 3.16. The van der Waals surface area contributed by atoms with Crippen LogP contribution >= 0.6 is 11.6 Å². The molecule has 2 aromatic carbocycles. The van der Waals surface area contributed by atoms with Gasteiger partial charge < -0.3 is 9.73 Å². The van der Waals surface area contributed by atoms with Crippen LogP contribution in [0.5, 0.6) is 0 Å². The van der Waals surface area contributed by atoms with Gasteiger partial charge in [0.05, 0.1) is 16.3 Å². The Labute approximate surface area is 169 Å². The summed E-state index contributed by atoms with van der Waals surface area (Å²) < 4.78 is 43.9. The van der Waals surface area contributed by atoms with Gasteiger partial charge in [-0.1, -0.05) is 23.7 Å². The molecule has 5 nitrogen and oxygen atoms in total. The van der Waals surface area contributed by atoms with Crippen LogP contribution in [0.25, 0.3) is 11.5 Å². The fraction of sp³-hybridized carbons (Fsp3) is 0.250. The zero-order valence-corrected chi connectivity index (χ0v) is 16.4. The standard InChI is InChI=1S/C20H17ClF3N3O2/c1-11-8-12(2)18(15(21)9-11)25-16(28)6-7-17-26-27-19(29-17)13-4-3-5-14(10-13)20(22,23)24/h3-5,8-10H,6-7H2,1-2H3,(H,25,28). The summed E-state index contributed by atoms with van der Waals surface area (Å²) in [5.74, 6) is -0.180. The first kappa shape index (κ1) is 20.9. The molecule has 29 heavy (non-hydrogen) atoms. The third-order valence-electron chi connectivity index (χ3n) is 4.17. The minimum atomic E-state index is -4.47. The van der Waals surface area contributed by atoms with E-state index in [9.17, 15) is 18.0 Å². The van der Waals surface area contributed by atoms with Crippen LogP contribution in [0.1, 0.15) is 29.0 Å². The highest BCUT2D eigenvalue weighted by molar-refractivity contribution is 6.34. The van der Waals surface area contributed by atoms with Crippen LogP contribution in [-0.2, 0) is 17.4 Å². The number of halogens is 4. The van der Waals surface area contributed by atoms with Gasteiger partial charge in [-0.2, -0.15) is 13.2 Å². The van der Waals surface area contributed by atoms with E-state index in [4.69, 9.17) is 16.0 Å². The lowest BCUT2D eigenvalue weighted by Gasteiger charge is -2.11. The van der Waals surface area contributed by atoms with Crippen molar-refractivity contribution in [2.45, 2.75) is 32.9 Å². The second kappa shape index (κ2) is 8.24. The minimum absolute atomic E-state index is 0.0380. The number of hydrogen-bond acceptors (Lipinski definition) is 4. The van der Waals surface area contributed by atoms with Crippen LogP contribution in [0.4, 0.5) is 18.9 Å².